The Morgan fingerprint density at radius 3 is 2.53 bits per heavy atom. The largest absolute Gasteiger partial charge is 0.388 e. The van der Waals surface area contributed by atoms with Crippen molar-refractivity contribution in [3.05, 3.63) is 0 Å². The topological polar surface area (TPSA) is 52.6 Å². The van der Waals surface area contributed by atoms with Crippen molar-refractivity contribution in [3.8, 4) is 0 Å². The highest BCUT2D eigenvalue weighted by Crippen LogP contribution is 2.20. The number of β-amino-alcohol motifs (C(OH)–C–C–N with tert-alkyl or cyclic N) is 1. The molecule has 17 heavy (non-hydrogen) atoms. The van der Waals surface area contributed by atoms with Crippen LogP contribution in [0.15, 0.2) is 0 Å². The summed E-state index contributed by atoms with van der Waals surface area (Å²) in [6.45, 7) is 9.25. The Bertz CT molecular complexity index is 262. The summed E-state index contributed by atoms with van der Waals surface area (Å²) in [6, 6.07) is 0.257. The first kappa shape index (κ1) is 14.5. The fourth-order valence-corrected chi connectivity index (χ4v) is 2.28. The maximum atomic E-state index is 12.1. The standard InChI is InChI=1S/C13H26N2O2/c1-5-13(17,6-2)9-15-8-7-11(12(15)16)14-10(3)4/h10-11,14,17H,5-9H2,1-4H3. The molecule has 1 aliphatic heterocycles. The van der Waals surface area contributed by atoms with E-state index in [0.29, 0.717) is 25.4 Å². The van der Waals surface area contributed by atoms with Gasteiger partial charge >= 0.3 is 0 Å². The van der Waals surface area contributed by atoms with Crippen LogP contribution in [0, 0.1) is 0 Å². The average Bonchev–Trinajstić information content (AvgIpc) is 2.61. The number of amides is 1. The molecular formula is C13H26N2O2. The van der Waals surface area contributed by atoms with Gasteiger partial charge in [-0.05, 0) is 19.3 Å². The van der Waals surface area contributed by atoms with Crippen LogP contribution < -0.4 is 5.32 Å². The molecule has 0 aromatic rings. The van der Waals surface area contributed by atoms with Crippen LogP contribution in [-0.2, 0) is 4.79 Å². The van der Waals surface area contributed by atoms with E-state index in [0.717, 1.165) is 13.0 Å². The first-order chi connectivity index (χ1) is 7.91. The van der Waals surface area contributed by atoms with E-state index >= 15 is 0 Å². The predicted octanol–water partition coefficient (Wildman–Crippen LogP) is 1.14. The van der Waals surface area contributed by atoms with Crippen molar-refractivity contribution < 1.29 is 9.90 Å². The lowest BCUT2D eigenvalue weighted by atomic mass is 9.97. The number of nitrogens with one attached hydrogen (secondary N) is 1. The molecule has 1 fully saturated rings. The highest BCUT2D eigenvalue weighted by atomic mass is 16.3. The quantitative estimate of drug-likeness (QED) is 0.734. The first-order valence-corrected chi connectivity index (χ1v) is 6.69. The van der Waals surface area contributed by atoms with E-state index < -0.39 is 5.60 Å². The second-order valence-electron chi connectivity index (χ2n) is 5.35. The van der Waals surface area contributed by atoms with Gasteiger partial charge in [-0.25, -0.2) is 0 Å². The van der Waals surface area contributed by atoms with Crippen molar-refractivity contribution in [2.45, 2.75) is 64.6 Å². The summed E-state index contributed by atoms with van der Waals surface area (Å²) in [5.41, 5.74) is -0.720. The zero-order valence-corrected chi connectivity index (χ0v) is 11.5. The Morgan fingerprint density at radius 2 is 2.06 bits per heavy atom. The van der Waals surface area contributed by atoms with Crippen LogP contribution in [0.3, 0.4) is 0 Å². The molecule has 0 aliphatic carbocycles. The van der Waals surface area contributed by atoms with Crippen molar-refractivity contribution in [3.63, 3.8) is 0 Å². The van der Waals surface area contributed by atoms with Crippen LogP contribution in [-0.4, -0.2) is 46.7 Å². The number of nitrogens with zero attached hydrogens (tertiary/aromatic N) is 1. The highest BCUT2D eigenvalue weighted by Gasteiger charge is 2.36. The Morgan fingerprint density at radius 1 is 1.47 bits per heavy atom. The van der Waals surface area contributed by atoms with E-state index in [1.807, 2.05) is 27.7 Å². The zero-order chi connectivity index (χ0) is 13.1. The number of carbonyl (C=O) groups excluding carboxylic acids is 1. The van der Waals surface area contributed by atoms with Crippen molar-refractivity contribution in [1.29, 1.82) is 0 Å². The van der Waals surface area contributed by atoms with Gasteiger partial charge in [0.05, 0.1) is 11.6 Å². The SMILES string of the molecule is CCC(O)(CC)CN1CCC(NC(C)C)C1=O. The number of rotatable bonds is 6. The van der Waals surface area contributed by atoms with E-state index in [1.165, 1.54) is 0 Å². The molecule has 0 spiro atoms. The number of carbonyl (C=O) groups is 1. The lowest BCUT2D eigenvalue weighted by molar-refractivity contribution is -0.133. The Balaban J connectivity index is 2.55. The van der Waals surface area contributed by atoms with Crippen LogP contribution in [0.25, 0.3) is 0 Å². The molecule has 1 atom stereocenters. The number of likely N-dealkylation sites (tertiary alicyclic amines) is 1. The normalized spacial score (nSPS) is 21.6. The molecule has 2 N–H and O–H groups in total. The average molecular weight is 242 g/mol. The van der Waals surface area contributed by atoms with Crippen LogP contribution in [0.5, 0.6) is 0 Å². The molecule has 0 aromatic carbocycles. The van der Waals surface area contributed by atoms with Gasteiger partial charge in [-0.15, -0.1) is 0 Å². The van der Waals surface area contributed by atoms with E-state index in [-0.39, 0.29) is 11.9 Å². The minimum atomic E-state index is -0.720. The molecule has 1 aliphatic rings. The van der Waals surface area contributed by atoms with Gasteiger partial charge in [0.15, 0.2) is 0 Å². The molecule has 4 nitrogen and oxygen atoms in total. The van der Waals surface area contributed by atoms with Gasteiger partial charge in [-0.2, -0.15) is 0 Å². The Kier molecular flexibility index (Phi) is 4.95. The lowest BCUT2D eigenvalue weighted by Crippen LogP contribution is -2.47. The first-order valence-electron chi connectivity index (χ1n) is 6.69. The van der Waals surface area contributed by atoms with Gasteiger partial charge in [0.25, 0.3) is 0 Å². The fraction of sp³-hybridized carbons (Fsp3) is 0.923. The van der Waals surface area contributed by atoms with Crippen molar-refractivity contribution in [2.75, 3.05) is 13.1 Å². The smallest absolute Gasteiger partial charge is 0.239 e. The monoisotopic (exact) mass is 242 g/mol. The van der Waals surface area contributed by atoms with E-state index in [1.54, 1.807) is 4.90 Å². The minimum absolute atomic E-state index is 0.0621. The van der Waals surface area contributed by atoms with Crippen LogP contribution in [0.4, 0.5) is 0 Å². The zero-order valence-electron chi connectivity index (χ0n) is 11.5. The van der Waals surface area contributed by atoms with Gasteiger partial charge < -0.3 is 15.3 Å². The molecular weight excluding hydrogens is 216 g/mol. The van der Waals surface area contributed by atoms with Crippen LogP contribution in [0.2, 0.25) is 0 Å². The third-order valence-electron chi connectivity index (χ3n) is 3.63. The summed E-state index contributed by atoms with van der Waals surface area (Å²) in [7, 11) is 0. The van der Waals surface area contributed by atoms with Crippen LogP contribution in [0.1, 0.15) is 47.0 Å². The second kappa shape index (κ2) is 5.83. The molecule has 100 valence electrons. The molecule has 1 rings (SSSR count). The summed E-state index contributed by atoms with van der Waals surface area (Å²) in [6.07, 6.45) is 2.23. The summed E-state index contributed by atoms with van der Waals surface area (Å²) in [4.78, 5) is 13.9. The number of hydrogen-bond donors (Lipinski definition) is 2. The number of hydrogen-bond acceptors (Lipinski definition) is 3. The third-order valence-corrected chi connectivity index (χ3v) is 3.63. The molecule has 4 heteroatoms. The molecule has 1 saturated heterocycles. The summed E-state index contributed by atoms with van der Waals surface area (Å²) >= 11 is 0. The Hall–Kier alpha value is -0.610. The molecule has 1 unspecified atom stereocenters. The summed E-state index contributed by atoms with van der Waals surface area (Å²) in [5.74, 6) is 0.138. The van der Waals surface area contributed by atoms with Gasteiger partial charge in [-0.1, -0.05) is 27.7 Å². The molecule has 0 saturated carbocycles. The van der Waals surface area contributed by atoms with Crippen LogP contribution >= 0.6 is 0 Å². The van der Waals surface area contributed by atoms with E-state index in [9.17, 15) is 9.90 Å². The van der Waals surface area contributed by atoms with Gasteiger partial charge in [0.2, 0.25) is 5.91 Å². The number of aliphatic hydroxyl groups is 1. The minimum Gasteiger partial charge on any atom is -0.388 e. The third kappa shape index (κ3) is 3.68. The predicted molar refractivity (Wildman–Crippen MR) is 68.8 cm³/mol. The highest BCUT2D eigenvalue weighted by molar-refractivity contribution is 5.84. The maximum Gasteiger partial charge on any atom is 0.239 e. The summed E-state index contributed by atoms with van der Waals surface area (Å²) < 4.78 is 0. The molecule has 0 bridgehead atoms. The maximum absolute atomic E-state index is 12.1. The van der Waals surface area contributed by atoms with Gasteiger partial charge in [-0.3, -0.25) is 4.79 Å². The molecule has 1 heterocycles. The summed E-state index contributed by atoms with van der Waals surface area (Å²) in [5, 5.41) is 13.5. The van der Waals surface area contributed by atoms with Crippen molar-refractivity contribution in [1.82, 2.24) is 10.2 Å². The fourth-order valence-electron chi connectivity index (χ4n) is 2.28. The molecule has 0 radical (unpaired) electrons. The molecule has 1 amide bonds. The Labute approximate surface area is 104 Å². The van der Waals surface area contributed by atoms with Gasteiger partial charge in [0, 0.05) is 19.1 Å². The van der Waals surface area contributed by atoms with E-state index in [2.05, 4.69) is 5.32 Å². The van der Waals surface area contributed by atoms with Crippen molar-refractivity contribution in [2.24, 2.45) is 0 Å². The van der Waals surface area contributed by atoms with E-state index in [4.69, 9.17) is 0 Å². The molecule has 0 aromatic heterocycles. The van der Waals surface area contributed by atoms with Gasteiger partial charge in [0.1, 0.15) is 0 Å². The van der Waals surface area contributed by atoms with Crippen molar-refractivity contribution >= 4 is 5.91 Å². The lowest BCUT2D eigenvalue weighted by Gasteiger charge is -2.30. The second-order valence-corrected chi connectivity index (χ2v) is 5.35.